The Bertz CT molecular complexity index is 1070. The Kier molecular flexibility index (Phi) is 6.42. The zero-order chi connectivity index (χ0) is 20.8. The van der Waals surface area contributed by atoms with Crippen LogP contribution in [0.3, 0.4) is 0 Å². The molecule has 1 heterocycles. The summed E-state index contributed by atoms with van der Waals surface area (Å²) in [5.41, 5.74) is 1.65. The second-order valence-electron chi connectivity index (χ2n) is 6.18. The highest BCUT2D eigenvalue weighted by molar-refractivity contribution is 7.99. The van der Waals surface area contributed by atoms with Gasteiger partial charge in [0.2, 0.25) is 0 Å². The molecule has 0 bridgehead atoms. The van der Waals surface area contributed by atoms with Gasteiger partial charge in [0.1, 0.15) is 11.7 Å². The Morgan fingerprint density at radius 3 is 2.55 bits per heavy atom. The van der Waals surface area contributed by atoms with E-state index in [1.165, 1.54) is 18.7 Å². The Morgan fingerprint density at radius 2 is 1.90 bits per heavy atom. The molecule has 1 N–H and O–H groups in total. The summed E-state index contributed by atoms with van der Waals surface area (Å²) in [6.45, 7) is 1.46. The molecule has 0 aliphatic carbocycles. The molecule has 3 aromatic rings. The van der Waals surface area contributed by atoms with Crippen molar-refractivity contribution in [1.82, 2.24) is 14.8 Å². The maximum absolute atomic E-state index is 12.4. The molecular weight excluding hydrogens is 386 g/mol. The van der Waals surface area contributed by atoms with Gasteiger partial charge in [0.05, 0.1) is 24.5 Å². The normalized spacial score (nSPS) is 11.5. The number of para-hydroxylation sites is 2. The standard InChI is InChI=1S/C21H19N5O2S/c1-14(23)17(12-22)18(27)13-29-21-25-24-20(16-10-6-7-11-19(16)28-2)26(21)15-8-4-3-5-9-15/h3-11,17,23H,13H2,1-2H3. The molecule has 0 saturated carbocycles. The largest absolute Gasteiger partial charge is 0.496 e. The number of carbonyl (C=O) groups is 1. The van der Waals surface area contributed by atoms with Gasteiger partial charge in [0.25, 0.3) is 0 Å². The van der Waals surface area contributed by atoms with Crippen LogP contribution in [-0.4, -0.2) is 39.1 Å². The van der Waals surface area contributed by atoms with Crippen molar-refractivity contribution < 1.29 is 9.53 Å². The number of nitrogens with zero attached hydrogens (tertiary/aromatic N) is 4. The minimum atomic E-state index is -1.04. The summed E-state index contributed by atoms with van der Waals surface area (Å²) in [4.78, 5) is 12.4. The van der Waals surface area contributed by atoms with Crippen LogP contribution in [0.25, 0.3) is 17.1 Å². The second-order valence-corrected chi connectivity index (χ2v) is 7.12. The smallest absolute Gasteiger partial charge is 0.196 e. The number of nitriles is 1. The van der Waals surface area contributed by atoms with E-state index in [4.69, 9.17) is 15.4 Å². The van der Waals surface area contributed by atoms with Gasteiger partial charge in [-0.25, -0.2) is 0 Å². The van der Waals surface area contributed by atoms with Gasteiger partial charge in [0.15, 0.2) is 16.8 Å². The highest BCUT2D eigenvalue weighted by Gasteiger charge is 2.23. The van der Waals surface area contributed by atoms with Crippen molar-refractivity contribution in [1.29, 1.82) is 10.7 Å². The first kappa shape index (κ1) is 20.3. The Hall–Kier alpha value is -3.44. The zero-order valence-electron chi connectivity index (χ0n) is 16.0. The number of ether oxygens (including phenoxy) is 1. The fraction of sp³-hybridized carbons (Fsp3) is 0.190. The van der Waals surface area contributed by atoms with Crippen molar-refractivity contribution in [3.8, 4) is 28.9 Å². The van der Waals surface area contributed by atoms with Gasteiger partial charge in [-0.2, -0.15) is 5.26 Å². The first-order valence-electron chi connectivity index (χ1n) is 8.81. The van der Waals surface area contributed by atoms with E-state index in [1.54, 1.807) is 7.11 Å². The van der Waals surface area contributed by atoms with Gasteiger partial charge < -0.3 is 10.1 Å². The minimum absolute atomic E-state index is 0.0192. The molecule has 2 aromatic carbocycles. The first-order chi connectivity index (χ1) is 14.1. The molecule has 0 fully saturated rings. The molecule has 0 amide bonds. The van der Waals surface area contributed by atoms with E-state index in [1.807, 2.05) is 65.2 Å². The highest BCUT2D eigenvalue weighted by atomic mass is 32.2. The molecule has 1 unspecified atom stereocenters. The highest BCUT2D eigenvalue weighted by Crippen LogP contribution is 2.33. The summed E-state index contributed by atoms with van der Waals surface area (Å²) >= 11 is 1.19. The van der Waals surface area contributed by atoms with E-state index in [0.717, 1.165) is 11.3 Å². The van der Waals surface area contributed by atoms with Crippen molar-refractivity contribution in [3.05, 3.63) is 54.6 Å². The van der Waals surface area contributed by atoms with Crippen molar-refractivity contribution >= 4 is 23.3 Å². The second kappa shape index (κ2) is 9.17. The third-order valence-electron chi connectivity index (χ3n) is 4.22. The topological polar surface area (TPSA) is 105 Å². The molecule has 0 saturated heterocycles. The molecule has 8 heteroatoms. The number of Topliss-reactive ketones (excluding diaryl/α,β-unsaturated/α-hetero) is 1. The third-order valence-corrected chi connectivity index (χ3v) is 5.17. The number of hydrogen-bond acceptors (Lipinski definition) is 7. The van der Waals surface area contributed by atoms with E-state index in [9.17, 15) is 4.79 Å². The molecule has 0 aliphatic heterocycles. The number of hydrogen-bond donors (Lipinski definition) is 1. The van der Waals surface area contributed by atoms with Crippen LogP contribution in [0, 0.1) is 22.7 Å². The first-order valence-corrected chi connectivity index (χ1v) is 9.79. The summed E-state index contributed by atoms with van der Waals surface area (Å²) in [5.74, 6) is -0.0983. The summed E-state index contributed by atoms with van der Waals surface area (Å²) in [6, 6.07) is 19.0. The third kappa shape index (κ3) is 4.36. The molecule has 3 rings (SSSR count). The van der Waals surface area contributed by atoms with Crippen LogP contribution >= 0.6 is 11.8 Å². The van der Waals surface area contributed by atoms with E-state index in [-0.39, 0.29) is 17.2 Å². The van der Waals surface area contributed by atoms with Crippen molar-refractivity contribution in [2.45, 2.75) is 12.1 Å². The number of aromatic nitrogens is 3. The molecule has 1 aromatic heterocycles. The van der Waals surface area contributed by atoms with Crippen LogP contribution < -0.4 is 4.74 Å². The lowest BCUT2D eigenvalue weighted by molar-refractivity contribution is -0.117. The minimum Gasteiger partial charge on any atom is -0.496 e. The van der Waals surface area contributed by atoms with Gasteiger partial charge in [-0.05, 0) is 31.2 Å². The van der Waals surface area contributed by atoms with Crippen LogP contribution in [0.4, 0.5) is 0 Å². The zero-order valence-corrected chi connectivity index (χ0v) is 16.8. The van der Waals surface area contributed by atoms with Crippen LogP contribution in [0.2, 0.25) is 0 Å². The molecule has 0 radical (unpaired) electrons. The van der Waals surface area contributed by atoms with Gasteiger partial charge in [-0.3, -0.25) is 9.36 Å². The van der Waals surface area contributed by atoms with Crippen molar-refractivity contribution in [2.75, 3.05) is 12.9 Å². The van der Waals surface area contributed by atoms with E-state index in [2.05, 4.69) is 10.2 Å². The summed E-state index contributed by atoms with van der Waals surface area (Å²) in [6.07, 6.45) is 0. The number of rotatable bonds is 8. The summed E-state index contributed by atoms with van der Waals surface area (Å²) in [7, 11) is 1.60. The molecule has 7 nitrogen and oxygen atoms in total. The lowest BCUT2D eigenvalue weighted by Gasteiger charge is -2.12. The fourth-order valence-corrected chi connectivity index (χ4v) is 3.66. The number of benzene rings is 2. The molecular formula is C21H19N5O2S. The molecule has 1 atom stereocenters. The van der Waals surface area contributed by atoms with Gasteiger partial charge in [-0.1, -0.05) is 42.1 Å². The van der Waals surface area contributed by atoms with Crippen LogP contribution in [0.1, 0.15) is 6.92 Å². The average Bonchev–Trinajstić information content (AvgIpc) is 3.16. The number of thioether (sulfide) groups is 1. The Morgan fingerprint density at radius 1 is 1.21 bits per heavy atom. The maximum Gasteiger partial charge on any atom is 0.196 e. The lowest BCUT2D eigenvalue weighted by atomic mass is 10.0. The monoisotopic (exact) mass is 405 g/mol. The van der Waals surface area contributed by atoms with Crippen LogP contribution in [0.5, 0.6) is 5.75 Å². The lowest BCUT2D eigenvalue weighted by Crippen LogP contribution is -2.21. The maximum atomic E-state index is 12.4. The van der Waals surface area contributed by atoms with Crippen LogP contribution in [0.15, 0.2) is 59.8 Å². The Balaban J connectivity index is 2.01. The van der Waals surface area contributed by atoms with E-state index >= 15 is 0 Å². The van der Waals surface area contributed by atoms with Gasteiger partial charge in [-0.15, -0.1) is 10.2 Å². The van der Waals surface area contributed by atoms with Gasteiger partial charge in [0, 0.05) is 11.4 Å². The quantitative estimate of drug-likeness (QED) is 0.452. The number of carbonyl (C=O) groups excluding carboxylic acids is 1. The number of methoxy groups -OCH3 is 1. The molecule has 29 heavy (non-hydrogen) atoms. The number of ketones is 1. The van der Waals surface area contributed by atoms with E-state index in [0.29, 0.717) is 16.7 Å². The molecule has 0 aliphatic rings. The van der Waals surface area contributed by atoms with E-state index < -0.39 is 5.92 Å². The fourth-order valence-electron chi connectivity index (χ4n) is 2.81. The SMILES string of the molecule is COc1ccccc1-c1nnc(SCC(=O)C(C#N)C(C)=N)n1-c1ccccc1. The summed E-state index contributed by atoms with van der Waals surface area (Å²) in [5, 5.41) is 25.9. The van der Waals surface area contributed by atoms with Crippen molar-refractivity contribution in [3.63, 3.8) is 0 Å². The molecule has 146 valence electrons. The number of nitrogens with one attached hydrogen (secondary N) is 1. The predicted molar refractivity (Wildman–Crippen MR) is 112 cm³/mol. The average molecular weight is 405 g/mol. The van der Waals surface area contributed by atoms with Gasteiger partial charge >= 0.3 is 0 Å². The predicted octanol–water partition coefficient (Wildman–Crippen LogP) is 3.78. The summed E-state index contributed by atoms with van der Waals surface area (Å²) < 4.78 is 7.32. The Labute approximate surface area is 172 Å². The van der Waals surface area contributed by atoms with Crippen molar-refractivity contribution in [2.24, 2.45) is 5.92 Å². The molecule has 0 spiro atoms. The van der Waals surface area contributed by atoms with Crippen LogP contribution in [-0.2, 0) is 4.79 Å².